The number of rotatable bonds is 5. The fourth-order valence-electron chi connectivity index (χ4n) is 3.34. The molecule has 4 rings (SSSR count). The summed E-state index contributed by atoms with van der Waals surface area (Å²) in [6.45, 7) is 3.61. The van der Waals surface area contributed by atoms with Crippen molar-refractivity contribution in [2.45, 2.75) is 20.3 Å². The number of hydrogen-bond donors (Lipinski definition) is 0. The lowest BCUT2D eigenvalue weighted by atomic mass is 10.0. The zero-order valence-electron chi connectivity index (χ0n) is 15.1. The molecule has 0 saturated heterocycles. The summed E-state index contributed by atoms with van der Waals surface area (Å²) in [6.07, 6.45) is 1.66. The smallest absolute Gasteiger partial charge is 0.310 e. The first kappa shape index (κ1) is 17.5. The lowest BCUT2D eigenvalue weighted by Gasteiger charge is -2.05. The van der Waals surface area contributed by atoms with Crippen molar-refractivity contribution in [1.29, 1.82) is 0 Å². The predicted molar refractivity (Wildman–Crippen MR) is 107 cm³/mol. The molecule has 2 aromatic carbocycles. The van der Waals surface area contributed by atoms with Gasteiger partial charge in [-0.25, -0.2) is 0 Å². The normalized spacial score (nSPS) is 11.2. The first-order chi connectivity index (χ1) is 13.0. The van der Waals surface area contributed by atoms with Gasteiger partial charge in [0.15, 0.2) is 6.61 Å². The van der Waals surface area contributed by atoms with Gasteiger partial charge in [0, 0.05) is 26.3 Å². The van der Waals surface area contributed by atoms with Crippen molar-refractivity contribution in [3.8, 4) is 0 Å². The highest BCUT2D eigenvalue weighted by Crippen LogP contribution is 2.30. The van der Waals surface area contributed by atoms with Crippen molar-refractivity contribution in [3.05, 3.63) is 69.6 Å². The summed E-state index contributed by atoms with van der Waals surface area (Å²) in [4.78, 5) is 26.6. The van der Waals surface area contributed by atoms with Crippen LogP contribution in [0.25, 0.3) is 21.7 Å². The second kappa shape index (κ2) is 7.00. The first-order valence-electron chi connectivity index (χ1n) is 8.66. The van der Waals surface area contributed by atoms with Gasteiger partial charge in [-0.2, -0.15) is 0 Å². The maximum Gasteiger partial charge on any atom is 0.310 e. The Morgan fingerprint density at radius 2 is 1.93 bits per heavy atom. The van der Waals surface area contributed by atoms with Crippen LogP contribution >= 0.6 is 11.3 Å². The van der Waals surface area contributed by atoms with Crippen LogP contribution in [-0.2, 0) is 16.0 Å². The Morgan fingerprint density at radius 3 is 2.70 bits per heavy atom. The Morgan fingerprint density at radius 1 is 1.11 bits per heavy atom. The van der Waals surface area contributed by atoms with Crippen molar-refractivity contribution >= 4 is 44.8 Å². The van der Waals surface area contributed by atoms with Gasteiger partial charge in [0.25, 0.3) is 0 Å². The van der Waals surface area contributed by atoms with Crippen LogP contribution in [0.4, 0.5) is 0 Å². The highest BCUT2D eigenvalue weighted by molar-refractivity contribution is 7.12. The molecule has 0 amide bonds. The highest BCUT2D eigenvalue weighted by atomic mass is 32.1. The molecule has 0 atom stereocenters. The van der Waals surface area contributed by atoms with Crippen LogP contribution in [0, 0.1) is 13.8 Å². The molecule has 0 N–H and O–H groups in total. The summed E-state index contributed by atoms with van der Waals surface area (Å²) < 4.78 is 10.8. The number of fused-ring (bicyclic) bond motifs is 3. The molecule has 0 saturated carbocycles. The number of hydrogen-bond acceptors (Lipinski definition) is 5. The van der Waals surface area contributed by atoms with E-state index in [1.54, 1.807) is 17.6 Å². The van der Waals surface area contributed by atoms with E-state index in [1.807, 2.05) is 56.3 Å². The molecule has 4 nitrogen and oxygen atoms in total. The quantitative estimate of drug-likeness (QED) is 0.352. The van der Waals surface area contributed by atoms with Crippen LogP contribution in [-0.4, -0.2) is 18.4 Å². The Kier molecular flexibility index (Phi) is 4.54. The molecule has 2 aromatic heterocycles. The zero-order valence-corrected chi connectivity index (χ0v) is 15.9. The van der Waals surface area contributed by atoms with E-state index in [4.69, 9.17) is 9.15 Å². The molecule has 136 valence electrons. The van der Waals surface area contributed by atoms with Crippen molar-refractivity contribution in [1.82, 2.24) is 0 Å². The van der Waals surface area contributed by atoms with E-state index in [2.05, 4.69) is 0 Å². The number of aryl methyl sites for hydroxylation is 2. The second-order valence-electron chi connectivity index (χ2n) is 6.51. The number of esters is 1. The standard InChI is InChI=1S/C22H18O4S/c1-13-9-18(14(2)27-13)19(23)12-26-21(24)10-16-11-25-20-8-7-15-5-3-4-6-17(15)22(16)20/h3-9,11H,10,12H2,1-2H3. The van der Waals surface area contributed by atoms with Crippen LogP contribution in [0.1, 0.15) is 25.7 Å². The first-order valence-corrected chi connectivity index (χ1v) is 9.48. The van der Waals surface area contributed by atoms with Gasteiger partial charge < -0.3 is 9.15 Å². The minimum atomic E-state index is -0.441. The molecule has 0 aliphatic heterocycles. The largest absolute Gasteiger partial charge is 0.464 e. The summed E-state index contributed by atoms with van der Waals surface area (Å²) in [6, 6.07) is 13.7. The van der Waals surface area contributed by atoms with E-state index in [0.717, 1.165) is 37.1 Å². The molecular weight excluding hydrogens is 360 g/mol. The lowest BCUT2D eigenvalue weighted by molar-refractivity contribution is -0.141. The van der Waals surface area contributed by atoms with Crippen LogP contribution in [0.2, 0.25) is 0 Å². The predicted octanol–water partition coefficient (Wildman–Crippen LogP) is 5.23. The van der Waals surface area contributed by atoms with E-state index in [-0.39, 0.29) is 18.8 Å². The third-order valence-electron chi connectivity index (χ3n) is 4.58. The molecule has 0 unspecified atom stereocenters. The van der Waals surface area contributed by atoms with E-state index in [9.17, 15) is 9.59 Å². The van der Waals surface area contributed by atoms with E-state index in [0.29, 0.717) is 5.56 Å². The van der Waals surface area contributed by atoms with E-state index >= 15 is 0 Å². The minimum Gasteiger partial charge on any atom is -0.464 e. The number of furan rings is 1. The van der Waals surface area contributed by atoms with Crippen molar-refractivity contribution < 1.29 is 18.7 Å². The number of carbonyl (C=O) groups excluding carboxylic acids is 2. The van der Waals surface area contributed by atoms with Crippen LogP contribution in [0.3, 0.4) is 0 Å². The molecule has 0 fully saturated rings. The summed E-state index contributed by atoms with van der Waals surface area (Å²) in [5.41, 5.74) is 2.13. The fourth-order valence-corrected chi connectivity index (χ4v) is 4.28. The Bertz CT molecular complexity index is 1170. The molecule has 4 aromatic rings. The van der Waals surface area contributed by atoms with Gasteiger partial charge in [-0.05, 0) is 36.8 Å². The zero-order chi connectivity index (χ0) is 19.0. The Labute approximate surface area is 160 Å². The topological polar surface area (TPSA) is 56.5 Å². The third kappa shape index (κ3) is 3.38. The van der Waals surface area contributed by atoms with Gasteiger partial charge in [0.1, 0.15) is 5.58 Å². The molecule has 0 bridgehead atoms. The van der Waals surface area contributed by atoms with Gasteiger partial charge in [-0.15, -0.1) is 11.3 Å². The third-order valence-corrected chi connectivity index (χ3v) is 5.55. The summed E-state index contributed by atoms with van der Waals surface area (Å²) in [5.74, 6) is -0.615. The molecule has 27 heavy (non-hydrogen) atoms. The molecule has 0 radical (unpaired) electrons. The Hall–Kier alpha value is -2.92. The molecule has 0 aliphatic rings. The number of carbonyl (C=O) groups is 2. The fraction of sp³-hybridized carbons (Fsp3) is 0.182. The molecule has 2 heterocycles. The van der Waals surface area contributed by atoms with Gasteiger partial charge in [-0.1, -0.05) is 30.3 Å². The maximum absolute atomic E-state index is 12.3. The Balaban J connectivity index is 1.51. The molecule has 5 heteroatoms. The average molecular weight is 378 g/mol. The molecule has 0 spiro atoms. The monoisotopic (exact) mass is 378 g/mol. The van der Waals surface area contributed by atoms with Gasteiger partial charge >= 0.3 is 5.97 Å². The van der Waals surface area contributed by atoms with Crippen molar-refractivity contribution in [2.24, 2.45) is 0 Å². The number of ether oxygens (including phenoxy) is 1. The van der Waals surface area contributed by atoms with Gasteiger partial charge in [-0.3, -0.25) is 9.59 Å². The second-order valence-corrected chi connectivity index (χ2v) is 7.97. The number of ketones is 1. The number of benzene rings is 2. The van der Waals surface area contributed by atoms with Gasteiger partial charge in [0.2, 0.25) is 5.78 Å². The number of Topliss-reactive ketones (excluding diaryl/α,β-unsaturated/α-hetero) is 1. The van der Waals surface area contributed by atoms with Crippen LogP contribution in [0.15, 0.2) is 53.1 Å². The van der Waals surface area contributed by atoms with E-state index < -0.39 is 5.97 Å². The van der Waals surface area contributed by atoms with E-state index in [1.165, 1.54) is 0 Å². The van der Waals surface area contributed by atoms with Crippen LogP contribution < -0.4 is 0 Å². The lowest BCUT2D eigenvalue weighted by Crippen LogP contribution is -2.15. The summed E-state index contributed by atoms with van der Waals surface area (Å²) >= 11 is 1.56. The summed E-state index contributed by atoms with van der Waals surface area (Å²) in [7, 11) is 0. The average Bonchev–Trinajstić information content (AvgIpc) is 3.22. The summed E-state index contributed by atoms with van der Waals surface area (Å²) in [5, 5.41) is 3.03. The van der Waals surface area contributed by atoms with Gasteiger partial charge in [0.05, 0.1) is 12.7 Å². The highest BCUT2D eigenvalue weighted by Gasteiger charge is 2.17. The maximum atomic E-state index is 12.3. The minimum absolute atomic E-state index is 0.0654. The number of thiophene rings is 1. The van der Waals surface area contributed by atoms with Crippen LogP contribution in [0.5, 0.6) is 0 Å². The van der Waals surface area contributed by atoms with Crippen molar-refractivity contribution in [2.75, 3.05) is 6.61 Å². The molecule has 0 aliphatic carbocycles. The van der Waals surface area contributed by atoms with Crippen molar-refractivity contribution in [3.63, 3.8) is 0 Å². The SMILES string of the molecule is Cc1cc(C(=O)COC(=O)Cc2coc3ccc4ccccc4c23)c(C)s1. The molecular formula is C22H18O4S.